The van der Waals surface area contributed by atoms with Gasteiger partial charge in [0.05, 0.1) is 0 Å². The highest BCUT2D eigenvalue weighted by Gasteiger charge is 2.24. The van der Waals surface area contributed by atoms with Gasteiger partial charge in [-0.2, -0.15) is 0 Å². The molecule has 1 aliphatic heterocycles. The molecule has 1 saturated heterocycles. The minimum absolute atomic E-state index is 0.378. The van der Waals surface area contributed by atoms with Crippen molar-refractivity contribution in [2.24, 2.45) is 23.5 Å². The molecule has 2 N–H and O–H groups in total. The summed E-state index contributed by atoms with van der Waals surface area (Å²) in [5.41, 5.74) is 6.06. The normalized spacial score (nSPS) is 25.4. The molecule has 0 aromatic rings. The summed E-state index contributed by atoms with van der Waals surface area (Å²) >= 11 is 0. The van der Waals surface area contributed by atoms with Crippen LogP contribution in [-0.4, -0.2) is 30.6 Å². The molecule has 1 heterocycles. The van der Waals surface area contributed by atoms with Gasteiger partial charge in [-0.1, -0.05) is 27.7 Å². The first-order chi connectivity index (χ1) is 7.00. The smallest absolute Gasteiger partial charge is 0.00740 e. The maximum atomic E-state index is 6.06. The Morgan fingerprint density at radius 3 is 2.40 bits per heavy atom. The molecule has 90 valence electrons. The van der Waals surface area contributed by atoms with E-state index in [1.54, 1.807) is 0 Å². The Labute approximate surface area is 95.2 Å². The lowest BCUT2D eigenvalue weighted by Crippen LogP contribution is -2.32. The maximum absolute atomic E-state index is 6.06. The summed E-state index contributed by atoms with van der Waals surface area (Å²) < 4.78 is 0. The first-order valence-electron chi connectivity index (χ1n) is 6.48. The van der Waals surface area contributed by atoms with Gasteiger partial charge in [0.25, 0.3) is 0 Å². The molecule has 1 fully saturated rings. The van der Waals surface area contributed by atoms with Gasteiger partial charge in [-0.05, 0) is 43.7 Å². The van der Waals surface area contributed by atoms with Gasteiger partial charge in [0, 0.05) is 12.6 Å². The van der Waals surface area contributed by atoms with Gasteiger partial charge in [-0.3, -0.25) is 0 Å². The Morgan fingerprint density at radius 1 is 1.27 bits per heavy atom. The van der Waals surface area contributed by atoms with Gasteiger partial charge >= 0.3 is 0 Å². The van der Waals surface area contributed by atoms with Gasteiger partial charge in [0.15, 0.2) is 0 Å². The van der Waals surface area contributed by atoms with Crippen LogP contribution in [0.2, 0.25) is 0 Å². The minimum atomic E-state index is 0.378. The van der Waals surface area contributed by atoms with Crippen LogP contribution in [0.25, 0.3) is 0 Å². The predicted molar refractivity (Wildman–Crippen MR) is 66.8 cm³/mol. The largest absolute Gasteiger partial charge is 0.327 e. The summed E-state index contributed by atoms with van der Waals surface area (Å²) in [7, 11) is 0. The Bertz CT molecular complexity index is 177. The number of nitrogens with two attached hydrogens (primary N) is 1. The third kappa shape index (κ3) is 4.12. The highest BCUT2D eigenvalue weighted by atomic mass is 15.1. The van der Waals surface area contributed by atoms with Gasteiger partial charge in [-0.25, -0.2) is 0 Å². The van der Waals surface area contributed by atoms with E-state index in [0.717, 1.165) is 18.3 Å². The van der Waals surface area contributed by atoms with Crippen molar-refractivity contribution in [2.45, 2.75) is 46.6 Å². The third-order valence-electron chi connectivity index (χ3n) is 3.89. The standard InChI is InChI=1S/C13H28N2/c1-10(2)12-5-7-15(9-12)8-6-13(14)11(3)4/h10-13H,5-9,14H2,1-4H3. The Hall–Kier alpha value is -0.0800. The van der Waals surface area contributed by atoms with Crippen LogP contribution in [0.5, 0.6) is 0 Å². The van der Waals surface area contributed by atoms with Crippen LogP contribution in [0.3, 0.4) is 0 Å². The molecule has 0 spiro atoms. The lowest BCUT2D eigenvalue weighted by molar-refractivity contribution is 0.281. The number of likely N-dealkylation sites (tertiary alicyclic amines) is 1. The van der Waals surface area contributed by atoms with Crippen LogP contribution >= 0.6 is 0 Å². The fourth-order valence-corrected chi connectivity index (χ4v) is 2.27. The first-order valence-corrected chi connectivity index (χ1v) is 6.48. The zero-order valence-corrected chi connectivity index (χ0v) is 10.9. The maximum Gasteiger partial charge on any atom is 0.00740 e. The molecule has 2 unspecified atom stereocenters. The zero-order valence-electron chi connectivity index (χ0n) is 10.9. The van der Waals surface area contributed by atoms with E-state index in [-0.39, 0.29) is 0 Å². The van der Waals surface area contributed by atoms with Crippen molar-refractivity contribution < 1.29 is 0 Å². The van der Waals surface area contributed by atoms with E-state index in [1.807, 2.05) is 0 Å². The molecular formula is C13H28N2. The minimum Gasteiger partial charge on any atom is -0.327 e. The number of nitrogens with zero attached hydrogens (tertiary/aromatic N) is 1. The molecule has 15 heavy (non-hydrogen) atoms. The van der Waals surface area contributed by atoms with Crippen molar-refractivity contribution in [3.8, 4) is 0 Å². The second kappa shape index (κ2) is 5.86. The van der Waals surface area contributed by atoms with E-state index in [1.165, 1.54) is 26.1 Å². The second-order valence-corrected chi connectivity index (χ2v) is 5.79. The van der Waals surface area contributed by atoms with Crippen LogP contribution in [0.15, 0.2) is 0 Å². The zero-order chi connectivity index (χ0) is 11.4. The Balaban J connectivity index is 2.19. The molecular weight excluding hydrogens is 184 g/mol. The molecule has 1 rings (SSSR count). The highest BCUT2D eigenvalue weighted by Crippen LogP contribution is 2.23. The number of hydrogen-bond donors (Lipinski definition) is 1. The third-order valence-corrected chi connectivity index (χ3v) is 3.89. The average Bonchev–Trinajstić information content (AvgIpc) is 2.62. The molecule has 0 bridgehead atoms. The van der Waals surface area contributed by atoms with Crippen LogP contribution < -0.4 is 5.73 Å². The van der Waals surface area contributed by atoms with Gasteiger partial charge in [0.2, 0.25) is 0 Å². The fraction of sp³-hybridized carbons (Fsp3) is 1.00. The quantitative estimate of drug-likeness (QED) is 0.758. The van der Waals surface area contributed by atoms with Crippen LogP contribution in [0, 0.1) is 17.8 Å². The molecule has 2 nitrogen and oxygen atoms in total. The molecule has 0 saturated carbocycles. The SMILES string of the molecule is CC(C)C(N)CCN1CCC(C(C)C)C1. The average molecular weight is 212 g/mol. The van der Waals surface area contributed by atoms with Crippen molar-refractivity contribution in [3.05, 3.63) is 0 Å². The summed E-state index contributed by atoms with van der Waals surface area (Å²) in [6.45, 7) is 12.9. The first kappa shape index (κ1) is 13.0. The summed E-state index contributed by atoms with van der Waals surface area (Å²) in [4.78, 5) is 2.59. The highest BCUT2D eigenvalue weighted by molar-refractivity contribution is 4.79. The molecule has 0 aliphatic carbocycles. The van der Waals surface area contributed by atoms with Crippen LogP contribution in [-0.2, 0) is 0 Å². The molecule has 2 heteroatoms. The monoisotopic (exact) mass is 212 g/mol. The topological polar surface area (TPSA) is 29.3 Å². The van der Waals surface area contributed by atoms with E-state index >= 15 is 0 Å². The van der Waals surface area contributed by atoms with Crippen molar-refractivity contribution >= 4 is 0 Å². The molecule has 1 aliphatic rings. The molecule has 0 amide bonds. The van der Waals surface area contributed by atoms with Gasteiger partial charge in [-0.15, -0.1) is 0 Å². The Morgan fingerprint density at radius 2 is 1.93 bits per heavy atom. The Kier molecular flexibility index (Phi) is 5.07. The van der Waals surface area contributed by atoms with Crippen molar-refractivity contribution in [1.29, 1.82) is 0 Å². The van der Waals surface area contributed by atoms with E-state index in [2.05, 4.69) is 32.6 Å². The predicted octanol–water partition coefficient (Wildman–Crippen LogP) is 2.34. The number of hydrogen-bond acceptors (Lipinski definition) is 2. The molecule has 0 radical (unpaired) electrons. The molecule has 0 aromatic carbocycles. The lowest BCUT2D eigenvalue weighted by atomic mass is 9.95. The fourth-order valence-electron chi connectivity index (χ4n) is 2.27. The molecule has 0 aromatic heterocycles. The summed E-state index contributed by atoms with van der Waals surface area (Å²) in [5.74, 6) is 2.38. The van der Waals surface area contributed by atoms with Crippen molar-refractivity contribution in [2.75, 3.05) is 19.6 Å². The van der Waals surface area contributed by atoms with Crippen LogP contribution in [0.1, 0.15) is 40.5 Å². The van der Waals surface area contributed by atoms with E-state index in [0.29, 0.717) is 12.0 Å². The van der Waals surface area contributed by atoms with Crippen molar-refractivity contribution in [1.82, 2.24) is 4.90 Å². The molecule has 2 atom stereocenters. The van der Waals surface area contributed by atoms with Crippen molar-refractivity contribution in [3.63, 3.8) is 0 Å². The van der Waals surface area contributed by atoms with E-state index < -0.39 is 0 Å². The van der Waals surface area contributed by atoms with Gasteiger partial charge < -0.3 is 10.6 Å². The summed E-state index contributed by atoms with van der Waals surface area (Å²) in [5, 5.41) is 0. The lowest BCUT2D eigenvalue weighted by Gasteiger charge is -2.21. The van der Waals surface area contributed by atoms with Gasteiger partial charge in [0.1, 0.15) is 0 Å². The van der Waals surface area contributed by atoms with E-state index in [4.69, 9.17) is 5.73 Å². The number of rotatable bonds is 5. The summed E-state index contributed by atoms with van der Waals surface area (Å²) in [6.07, 6.45) is 2.54. The van der Waals surface area contributed by atoms with E-state index in [9.17, 15) is 0 Å². The second-order valence-electron chi connectivity index (χ2n) is 5.79. The van der Waals surface area contributed by atoms with Crippen LogP contribution in [0.4, 0.5) is 0 Å². The summed E-state index contributed by atoms with van der Waals surface area (Å²) in [6, 6.07) is 0.378.